The third kappa shape index (κ3) is 2.39. The van der Waals surface area contributed by atoms with Crippen LogP contribution in [-0.2, 0) is 14.8 Å². The molecule has 1 amide bonds. The Hall–Kier alpha value is -2.54. The van der Waals surface area contributed by atoms with Gasteiger partial charge in [0.2, 0.25) is 5.91 Å². The number of methoxy groups -OCH3 is 1. The highest BCUT2D eigenvalue weighted by atomic mass is 32.2. The number of ether oxygens (including phenoxy) is 1. The maximum absolute atomic E-state index is 12.8. The molecule has 1 aliphatic heterocycles. The molecule has 0 saturated heterocycles. The number of carbonyl (C=O) groups excluding carboxylic acids is 1. The molecule has 0 aliphatic carbocycles. The van der Waals surface area contributed by atoms with Crippen LogP contribution in [0.1, 0.15) is 0 Å². The predicted octanol–water partition coefficient (Wildman–Crippen LogP) is 1.84. The number of amides is 1. The molecule has 2 aromatic carbocycles. The zero-order valence-corrected chi connectivity index (χ0v) is 12.6. The average molecular weight is 318 g/mol. The van der Waals surface area contributed by atoms with Gasteiger partial charge in [-0.1, -0.05) is 12.1 Å². The first-order valence-electron chi connectivity index (χ1n) is 6.58. The summed E-state index contributed by atoms with van der Waals surface area (Å²) in [5.41, 5.74) is 0.705. The highest BCUT2D eigenvalue weighted by Crippen LogP contribution is 2.31. The largest absolute Gasteiger partial charge is 0.497 e. The Morgan fingerprint density at radius 1 is 1.09 bits per heavy atom. The molecule has 114 valence electrons. The van der Waals surface area contributed by atoms with Gasteiger partial charge in [0.15, 0.2) is 0 Å². The Labute approximate surface area is 128 Å². The van der Waals surface area contributed by atoms with Gasteiger partial charge < -0.3 is 10.1 Å². The summed E-state index contributed by atoms with van der Waals surface area (Å²) in [4.78, 5) is 12.1. The van der Waals surface area contributed by atoms with Gasteiger partial charge in [-0.05, 0) is 36.4 Å². The fourth-order valence-corrected chi connectivity index (χ4v) is 3.87. The summed E-state index contributed by atoms with van der Waals surface area (Å²) in [6.07, 6.45) is 0. The lowest BCUT2D eigenvalue weighted by atomic mass is 10.3. The molecule has 22 heavy (non-hydrogen) atoms. The maximum Gasteiger partial charge on any atom is 0.266 e. The van der Waals surface area contributed by atoms with Crippen LogP contribution in [0, 0.1) is 0 Å². The average Bonchev–Trinajstić information content (AvgIpc) is 2.62. The minimum Gasteiger partial charge on any atom is -0.497 e. The summed E-state index contributed by atoms with van der Waals surface area (Å²) >= 11 is 0. The van der Waals surface area contributed by atoms with Crippen LogP contribution >= 0.6 is 0 Å². The first kappa shape index (κ1) is 14.4. The Kier molecular flexibility index (Phi) is 3.50. The van der Waals surface area contributed by atoms with E-state index in [0.717, 1.165) is 4.31 Å². The summed E-state index contributed by atoms with van der Waals surface area (Å²) in [6.45, 7) is -0.274. The number of para-hydroxylation sites is 1. The van der Waals surface area contributed by atoms with Gasteiger partial charge in [0.05, 0.1) is 18.5 Å². The van der Waals surface area contributed by atoms with Crippen molar-refractivity contribution < 1.29 is 17.9 Å². The quantitative estimate of drug-likeness (QED) is 0.917. The number of hydrogen-bond donors (Lipinski definition) is 1. The first-order valence-corrected chi connectivity index (χ1v) is 8.02. The van der Waals surface area contributed by atoms with E-state index in [4.69, 9.17) is 4.74 Å². The lowest BCUT2D eigenvalue weighted by Crippen LogP contribution is -2.35. The van der Waals surface area contributed by atoms with Crippen LogP contribution in [0.5, 0.6) is 5.75 Å². The molecule has 0 fully saturated rings. The van der Waals surface area contributed by atoms with Crippen LogP contribution in [0.2, 0.25) is 0 Å². The van der Waals surface area contributed by atoms with Crippen LogP contribution in [0.25, 0.3) is 0 Å². The summed E-state index contributed by atoms with van der Waals surface area (Å²) in [5, 5.41) is 2.62. The number of anilines is 2. The minimum atomic E-state index is -3.82. The van der Waals surface area contributed by atoms with Crippen LogP contribution in [-0.4, -0.2) is 28.0 Å². The van der Waals surface area contributed by atoms with Crippen molar-refractivity contribution in [2.75, 3.05) is 23.3 Å². The van der Waals surface area contributed by atoms with Gasteiger partial charge in [-0.2, -0.15) is 0 Å². The van der Waals surface area contributed by atoms with E-state index in [1.807, 2.05) is 0 Å². The zero-order chi connectivity index (χ0) is 15.7. The lowest BCUT2D eigenvalue weighted by molar-refractivity contribution is -0.114. The Bertz CT molecular complexity index is 816. The van der Waals surface area contributed by atoms with Gasteiger partial charge in [0.1, 0.15) is 17.2 Å². The second kappa shape index (κ2) is 5.34. The fourth-order valence-electron chi connectivity index (χ4n) is 2.30. The highest BCUT2D eigenvalue weighted by molar-refractivity contribution is 7.93. The summed E-state index contributed by atoms with van der Waals surface area (Å²) in [5.74, 6) is 0.227. The molecular formula is C15H14N2O4S. The Balaban J connectivity index is 2.12. The molecule has 1 heterocycles. The molecule has 0 radical (unpaired) electrons. The van der Waals surface area contributed by atoms with Gasteiger partial charge in [0.25, 0.3) is 10.0 Å². The van der Waals surface area contributed by atoms with E-state index >= 15 is 0 Å². The van der Waals surface area contributed by atoms with Crippen LogP contribution in [0.3, 0.4) is 0 Å². The highest BCUT2D eigenvalue weighted by Gasteiger charge is 2.32. The summed E-state index contributed by atoms with van der Waals surface area (Å²) in [6, 6.07) is 12.9. The topological polar surface area (TPSA) is 75.7 Å². The van der Waals surface area contributed by atoms with Crippen molar-refractivity contribution in [1.82, 2.24) is 0 Å². The number of nitrogens with zero attached hydrogens (tertiary/aromatic N) is 1. The molecule has 2 aromatic rings. The third-order valence-corrected chi connectivity index (χ3v) is 5.21. The van der Waals surface area contributed by atoms with Crippen molar-refractivity contribution in [3.05, 3.63) is 48.5 Å². The third-order valence-electron chi connectivity index (χ3n) is 3.38. The molecule has 0 unspecified atom stereocenters. The SMILES string of the molecule is COc1ccc(N2CC(=O)Nc3ccccc3S2(=O)=O)cc1. The van der Waals surface area contributed by atoms with Gasteiger partial charge in [0, 0.05) is 0 Å². The van der Waals surface area contributed by atoms with Gasteiger partial charge in [-0.25, -0.2) is 8.42 Å². The number of nitrogens with one attached hydrogen (secondary N) is 1. The van der Waals surface area contributed by atoms with E-state index in [2.05, 4.69) is 5.32 Å². The molecule has 3 rings (SSSR count). The summed E-state index contributed by atoms with van der Waals surface area (Å²) in [7, 11) is -2.29. The molecular weight excluding hydrogens is 304 g/mol. The van der Waals surface area contributed by atoms with Crippen molar-refractivity contribution in [3.63, 3.8) is 0 Å². The molecule has 0 spiro atoms. The molecule has 1 aliphatic rings. The number of hydrogen-bond acceptors (Lipinski definition) is 4. The smallest absolute Gasteiger partial charge is 0.266 e. The molecule has 0 saturated carbocycles. The van der Waals surface area contributed by atoms with Crippen LogP contribution in [0.4, 0.5) is 11.4 Å². The van der Waals surface area contributed by atoms with E-state index in [0.29, 0.717) is 17.1 Å². The monoisotopic (exact) mass is 318 g/mol. The predicted molar refractivity (Wildman–Crippen MR) is 82.6 cm³/mol. The van der Waals surface area contributed by atoms with Gasteiger partial charge >= 0.3 is 0 Å². The Morgan fingerprint density at radius 2 is 1.77 bits per heavy atom. The van der Waals surface area contributed by atoms with Crippen molar-refractivity contribution in [1.29, 1.82) is 0 Å². The Morgan fingerprint density at radius 3 is 2.45 bits per heavy atom. The second-order valence-corrected chi connectivity index (χ2v) is 6.58. The maximum atomic E-state index is 12.8. The number of benzene rings is 2. The van der Waals surface area contributed by atoms with E-state index in [9.17, 15) is 13.2 Å². The van der Waals surface area contributed by atoms with Gasteiger partial charge in [-0.15, -0.1) is 0 Å². The first-order chi connectivity index (χ1) is 10.5. The zero-order valence-electron chi connectivity index (χ0n) is 11.8. The molecule has 1 N–H and O–H groups in total. The normalized spacial score (nSPS) is 16.4. The standard InChI is InChI=1S/C15H14N2O4S/c1-21-12-8-6-11(7-9-12)17-10-15(18)16-13-4-2-3-5-14(13)22(17,19)20/h2-9H,10H2,1H3,(H,16,18). The molecule has 0 bridgehead atoms. The lowest BCUT2D eigenvalue weighted by Gasteiger charge is -2.21. The minimum absolute atomic E-state index is 0.0802. The second-order valence-electron chi connectivity index (χ2n) is 4.75. The van der Waals surface area contributed by atoms with Crippen molar-refractivity contribution in [2.24, 2.45) is 0 Å². The number of fused-ring (bicyclic) bond motifs is 1. The van der Waals surface area contributed by atoms with Crippen molar-refractivity contribution in [2.45, 2.75) is 4.90 Å². The van der Waals surface area contributed by atoms with E-state index in [1.165, 1.54) is 13.2 Å². The molecule has 0 aromatic heterocycles. The number of carbonyl (C=O) groups is 1. The van der Waals surface area contributed by atoms with Gasteiger partial charge in [-0.3, -0.25) is 9.10 Å². The number of sulfonamides is 1. The van der Waals surface area contributed by atoms with E-state index in [-0.39, 0.29) is 17.3 Å². The fraction of sp³-hybridized carbons (Fsp3) is 0.133. The number of rotatable bonds is 2. The molecule has 6 nitrogen and oxygen atoms in total. The van der Waals surface area contributed by atoms with Crippen molar-refractivity contribution >= 4 is 27.3 Å². The van der Waals surface area contributed by atoms with E-state index in [1.54, 1.807) is 42.5 Å². The molecule has 0 atom stereocenters. The molecule has 7 heteroatoms. The van der Waals surface area contributed by atoms with Crippen molar-refractivity contribution in [3.8, 4) is 5.75 Å². The van der Waals surface area contributed by atoms with Crippen LogP contribution < -0.4 is 14.4 Å². The summed E-state index contributed by atoms with van der Waals surface area (Å²) < 4.78 is 31.8. The van der Waals surface area contributed by atoms with Crippen LogP contribution in [0.15, 0.2) is 53.4 Å². The van der Waals surface area contributed by atoms with E-state index < -0.39 is 10.0 Å².